The molecule has 4 nitrogen and oxygen atoms in total. The fourth-order valence-electron chi connectivity index (χ4n) is 1.49. The Balaban J connectivity index is 2.30. The van der Waals surface area contributed by atoms with Crippen LogP contribution in [0.4, 0.5) is 10.1 Å². The number of nitrogens with one attached hydrogen (secondary N) is 1. The number of methoxy groups -OCH3 is 1. The first kappa shape index (κ1) is 14.6. The van der Waals surface area contributed by atoms with Crippen LogP contribution in [0.1, 0.15) is 10.5 Å². The molecule has 0 saturated carbocycles. The summed E-state index contributed by atoms with van der Waals surface area (Å²) in [6, 6.07) is 6.86. The van der Waals surface area contributed by atoms with Crippen LogP contribution < -0.4 is 10.1 Å². The normalized spacial score (nSPS) is 10.2. The van der Waals surface area contributed by atoms with E-state index in [9.17, 15) is 9.18 Å². The number of nitrogens with zero attached hydrogens (tertiary/aromatic N) is 1. The minimum absolute atomic E-state index is 0.0350. The molecule has 0 atom stereocenters. The summed E-state index contributed by atoms with van der Waals surface area (Å²) in [7, 11) is 1.44. The molecule has 1 N–H and O–H groups in total. The van der Waals surface area contributed by atoms with Gasteiger partial charge in [0.25, 0.3) is 5.91 Å². The van der Waals surface area contributed by atoms with E-state index >= 15 is 0 Å². The number of hydrogen-bond acceptors (Lipinski definition) is 3. The summed E-state index contributed by atoms with van der Waals surface area (Å²) in [6.07, 6.45) is 0. The predicted octanol–water partition coefficient (Wildman–Crippen LogP) is 3.79. The highest BCUT2D eigenvalue weighted by molar-refractivity contribution is 6.35. The predicted molar refractivity (Wildman–Crippen MR) is 75.2 cm³/mol. The van der Waals surface area contributed by atoms with E-state index in [4.69, 9.17) is 27.9 Å². The Kier molecular flexibility index (Phi) is 4.42. The highest BCUT2D eigenvalue weighted by Crippen LogP contribution is 2.23. The van der Waals surface area contributed by atoms with Crippen LogP contribution in [0.5, 0.6) is 5.75 Å². The van der Waals surface area contributed by atoms with Crippen LogP contribution in [0.2, 0.25) is 10.2 Å². The smallest absolute Gasteiger partial charge is 0.275 e. The number of ether oxygens (including phenoxy) is 1. The first-order valence-corrected chi connectivity index (χ1v) is 6.24. The minimum Gasteiger partial charge on any atom is -0.497 e. The van der Waals surface area contributed by atoms with Gasteiger partial charge >= 0.3 is 0 Å². The van der Waals surface area contributed by atoms with Crippen molar-refractivity contribution in [3.8, 4) is 5.75 Å². The molecule has 2 rings (SSSR count). The van der Waals surface area contributed by atoms with Crippen LogP contribution >= 0.6 is 23.2 Å². The number of carbonyl (C=O) groups excluding carboxylic acids is 1. The number of anilines is 1. The van der Waals surface area contributed by atoms with Crippen molar-refractivity contribution in [2.24, 2.45) is 0 Å². The van der Waals surface area contributed by atoms with Gasteiger partial charge in [-0.3, -0.25) is 4.79 Å². The Morgan fingerprint density at radius 2 is 2.05 bits per heavy atom. The van der Waals surface area contributed by atoms with E-state index in [0.29, 0.717) is 5.75 Å². The van der Waals surface area contributed by atoms with Gasteiger partial charge in [-0.25, -0.2) is 9.37 Å². The third kappa shape index (κ3) is 3.18. The molecule has 20 heavy (non-hydrogen) atoms. The summed E-state index contributed by atoms with van der Waals surface area (Å²) in [4.78, 5) is 15.8. The quantitative estimate of drug-likeness (QED) is 0.877. The van der Waals surface area contributed by atoms with Crippen molar-refractivity contribution >= 4 is 34.8 Å². The van der Waals surface area contributed by atoms with Crippen LogP contribution in [-0.4, -0.2) is 18.0 Å². The van der Waals surface area contributed by atoms with Gasteiger partial charge in [0.2, 0.25) is 0 Å². The largest absolute Gasteiger partial charge is 0.497 e. The lowest BCUT2D eigenvalue weighted by molar-refractivity contribution is 0.102. The maximum absolute atomic E-state index is 13.6. The molecule has 0 aliphatic heterocycles. The van der Waals surface area contributed by atoms with Gasteiger partial charge in [0.05, 0.1) is 17.8 Å². The molecule has 1 amide bonds. The summed E-state index contributed by atoms with van der Waals surface area (Å²) in [6.45, 7) is 0. The van der Waals surface area contributed by atoms with Crippen molar-refractivity contribution in [3.63, 3.8) is 0 Å². The average Bonchev–Trinajstić information content (AvgIpc) is 2.43. The maximum atomic E-state index is 13.6. The van der Waals surface area contributed by atoms with Gasteiger partial charge in [-0.2, -0.15) is 0 Å². The maximum Gasteiger partial charge on any atom is 0.275 e. The molecule has 0 fully saturated rings. The molecule has 0 unspecified atom stereocenters. The molecule has 2 aromatic rings. The number of benzene rings is 1. The highest BCUT2D eigenvalue weighted by atomic mass is 35.5. The van der Waals surface area contributed by atoms with Crippen LogP contribution in [-0.2, 0) is 0 Å². The van der Waals surface area contributed by atoms with E-state index in [1.165, 1.54) is 37.4 Å². The van der Waals surface area contributed by atoms with E-state index in [0.717, 1.165) is 0 Å². The van der Waals surface area contributed by atoms with E-state index in [2.05, 4.69) is 10.3 Å². The van der Waals surface area contributed by atoms with Crippen molar-refractivity contribution in [3.05, 3.63) is 52.0 Å². The molecule has 0 aliphatic rings. The van der Waals surface area contributed by atoms with E-state index in [1.807, 2.05) is 0 Å². The van der Waals surface area contributed by atoms with Crippen molar-refractivity contribution in [2.45, 2.75) is 0 Å². The standard InChI is InChI=1S/C13H9Cl2FN2O2/c1-20-7-2-4-9(16)10(6-7)17-13(19)12-8(14)3-5-11(15)18-12/h2-6H,1H3,(H,17,19). The van der Waals surface area contributed by atoms with Gasteiger partial charge in [0, 0.05) is 6.07 Å². The van der Waals surface area contributed by atoms with E-state index < -0.39 is 11.7 Å². The topological polar surface area (TPSA) is 51.2 Å². The van der Waals surface area contributed by atoms with Crippen LogP contribution in [0.15, 0.2) is 30.3 Å². The summed E-state index contributed by atoms with van der Waals surface area (Å²) in [5.41, 5.74) is -0.117. The Bertz CT molecular complexity index is 665. The third-order valence-electron chi connectivity index (χ3n) is 2.45. The average molecular weight is 315 g/mol. The number of rotatable bonds is 3. The second-order valence-electron chi connectivity index (χ2n) is 3.76. The molecule has 0 aliphatic carbocycles. The molecule has 0 bridgehead atoms. The van der Waals surface area contributed by atoms with Gasteiger partial charge in [-0.05, 0) is 24.3 Å². The molecule has 1 aromatic carbocycles. The SMILES string of the molecule is COc1ccc(F)c(NC(=O)c2nc(Cl)ccc2Cl)c1. The Hall–Kier alpha value is -1.85. The number of aromatic nitrogens is 1. The molecule has 0 spiro atoms. The number of amides is 1. The van der Waals surface area contributed by atoms with Gasteiger partial charge < -0.3 is 10.1 Å². The summed E-state index contributed by atoms with van der Waals surface area (Å²) in [5.74, 6) is -0.853. The van der Waals surface area contributed by atoms with Crippen molar-refractivity contribution in [1.29, 1.82) is 0 Å². The van der Waals surface area contributed by atoms with Gasteiger partial charge in [-0.15, -0.1) is 0 Å². The number of hydrogen-bond donors (Lipinski definition) is 1. The second-order valence-corrected chi connectivity index (χ2v) is 4.56. The van der Waals surface area contributed by atoms with Gasteiger partial charge in [0.1, 0.15) is 22.4 Å². The molecule has 7 heteroatoms. The summed E-state index contributed by atoms with van der Waals surface area (Å²) < 4.78 is 18.6. The number of pyridine rings is 1. The van der Waals surface area contributed by atoms with E-state index in [1.54, 1.807) is 0 Å². The fraction of sp³-hybridized carbons (Fsp3) is 0.0769. The van der Waals surface area contributed by atoms with Crippen molar-refractivity contribution in [2.75, 3.05) is 12.4 Å². The molecule has 1 heterocycles. The Labute approximate surface area is 124 Å². The zero-order valence-corrected chi connectivity index (χ0v) is 11.8. The number of halogens is 3. The highest BCUT2D eigenvalue weighted by Gasteiger charge is 2.15. The summed E-state index contributed by atoms with van der Waals surface area (Å²) >= 11 is 11.6. The number of carbonyl (C=O) groups is 1. The molecular formula is C13H9Cl2FN2O2. The summed E-state index contributed by atoms with van der Waals surface area (Å²) in [5, 5.41) is 2.61. The first-order valence-electron chi connectivity index (χ1n) is 5.48. The molecule has 0 radical (unpaired) electrons. The lowest BCUT2D eigenvalue weighted by atomic mass is 10.2. The zero-order valence-electron chi connectivity index (χ0n) is 10.3. The molecular weight excluding hydrogens is 306 g/mol. The Morgan fingerprint density at radius 3 is 2.75 bits per heavy atom. The minimum atomic E-state index is -0.662. The fourth-order valence-corrected chi connectivity index (χ4v) is 1.82. The van der Waals surface area contributed by atoms with Crippen LogP contribution in [0.25, 0.3) is 0 Å². The lowest BCUT2D eigenvalue weighted by Gasteiger charge is -2.09. The molecule has 1 aromatic heterocycles. The Morgan fingerprint density at radius 1 is 1.30 bits per heavy atom. The molecule has 104 valence electrons. The van der Waals surface area contributed by atoms with Crippen LogP contribution in [0, 0.1) is 5.82 Å². The first-order chi connectivity index (χ1) is 9.51. The second kappa shape index (κ2) is 6.07. The lowest BCUT2D eigenvalue weighted by Crippen LogP contribution is -2.15. The van der Waals surface area contributed by atoms with E-state index in [-0.39, 0.29) is 21.6 Å². The molecule has 0 saturated heterocycles. The van der Waals surface area contributed by atoms with Crippen molar-refractivity contribution in [1.82, 2.24) is 4.98 Å². The van der Waals surface area contributed by atoms with Gasteiger partial charge in [-0.1, -0.05) is 23.2 Å². The van der Waals surface area contributed by atoms with Crippen LogP contribution in [0.3, 0.4) is 0 Å². The van der Waals surface area contributed by atoms with Crippen molar-refractivity contribution < 1.29 is 13.9 Å². The van der Waals surface area contributed by atoms with Gasteiger partial charge in [0.15, 0.2) is 0 Å². The zero-order chi connectivity index (χ0) is 14.7. The third-order valence-corrected chi connectivity index (χ3v) is 2.96. The monoisotopic (exact) mass is 314 g/mol.